The van der Waals surface area contributed by atoms with Crippen LogP contribution in [0, 0.1) is 0 Å². The Labute approximate surface area is 60.2 Å². The van der Waals surface area contributed by atoms with Crippen molar-refractivity contribution in [1.82, 2.24) is 0 Å². The van der Waals surface area contributed by atoms with E-state index in [9.17, 15) is 9.59 Å². The van der Waals surface area contributed by atoms with Crippen LogP contribution >= 0.6 is 0 Å². The topological polar surface area (TPSA) is 34.1 Å². The van der Waals surface area contributed by atoms with Crippen molar-refractivity contribution in [3.8, 4) is 0 Å². The quantitative estimate of drug-likeness (QED) is 0.334. The highest BCUT2D eigenvalue weighted by Crippen LogP contribution is 2.02. The average molecular weight is 138 g/mol. The molecule has 0 rings (SSSR count). The molecule has 0 aliphatic heterocycles. The third kappa shape index (κ3) is 1.97. The predicted molar refractivity (Wildman–Crippen MR) is 39.6 cm³/mol. The summed E-state index contributed by atoms with van der Waals surface area (Å²) < 4.78 is 0. The second kappa shape index (κ2) is 4.68. The van der Waals surface area contributed by atoms with Crippen LogP contribution < -0.4 is 0 Å². The zero-order valence-corrected chi connectivity index (χ0v) is 6.13. The van der Waals surface area contributed by atoms with E-state index in [0.717, 1.165) is 0 Å². The Morgan fingerprint density at radius 3 is 1.30 bits per heavy atom. The highest BCUT2D eigenvalue weighted by molar-refractivity contribution is 5.94. The smallest absolute Gasteiger partial charge is 0.150 e. The maximum Gasteiger partial charge on any atom is 0.150 e. The molecular formula is C8H10O2. The summed E-state index contributed by atoms with van der Waals surface area (Å²) in [4.78, 5) is 20.5. The maximum atomic E-state index is 10.2. The molecule has 0 fully saturated rings. The fraction of sp³-hybridized carbons (Fsp3) is 0.250. The van der Waals surface area contributed by atoms with E-state index in [1.54, 1.807) is 26.0 Å². The molecule has 2 heteroatoms. The third-order valence-electron chi connectivity index (χ3n) is 1.21. The minimum Gasteiger partial charge on any atom is -0.298 e. The van der Waals surface area contributed by atoms with E-state index in [0.29, 0.717) is 23.7 Å². The van der Waals surface area contributed by atoms with E-state index in [2.05, 4.69) is 0 Å². The van der Waals surface area contributed by atoms with Crippen molar-refractivity contribution in [3.63, 3.8) is 0 Å². The Morgan fingerprint density at radius 2 is 1.20 bits per heavy atom. The first kappa shape index (κ1) is 8.82. The van der Waals surface area contributed by atoms with Crippen molar-refractivity contribution >= 4 is 12.6 Å². The molecule has 0 aliphatic carbocycles. The van der Waals surface area contributed by atoms with E-state index in [1.165, 1.54) is 0 Å². The molecule has 0 aromatic carbocycles. The van der Waals surface area contributed by atoms with Crippen LogP contribution in [0.3, 0.4) is 0 Å². The molecule has 0 saturated carbocycles. The van der Waals surface area contributed by atoms with E-state index in [4.69, 9.17) is 0 Å². The normalized spacial score (nSPS) is 13.0. The number of carbonyl (C=O) groups is 2. The van der Waals surface area contributed by atoms with Gasteiger partial charge in [-0.2, -0.15) is 0 Å². The first-order chi connectivity index (χ1) is 4.79. The average Bonchev–Trinajstić information content (AvgIpc) is 2.00. The number of carbonyl (C=O) groups excluding carboxylic acids is 2. The van der Waals surface area contributed by atoms with Gasteiger partial charge in [0.25, 0.3) is 0 Å². The molecule has 0 aromatic rings. The van der Waals surface area contributed by atoms with Crippen LogP contribution in [-0.2, 0) is 9.59 Å². The van der Waals surface area contributed by atoms with Crippen molar-refractivity contribution in [2.24, 2.45) is 0 Å². The number of hydrogen-bond donors (Lipinski definition) is 0. The Hall–Kier alpha value is -1.18. The van der Waals surface area contributed by atoms with E-state index in [-0.39, 0.29) is 0 Å². The largest absolute Gasteiger partial charge is 0.298 e. The summed E-state index contributed by atoms with van der Waals surface area (Å²) in [5.41, 5.74) is 0.884. The van der Waals surface area contributed by atoms with Crippen LogP contribution in [-0.4, -0.2) is 12.6 Å². The van der Waals surface area contributed by atoms with E-state index < -0.39 is 0 Å². The Balaban J connectivity index is 4.58. The maximum absolute atomic E-state index is 10.2. The van der Waals surface area contributed by atoms with Gasteiger partial charge in [-0.05, 0) is 13.8 Å². The molecule has 0 heterocycles. The lowest BCUT2D eigenvalue weighted by Crippen LogP contribution is -1.91. The standard InChI is InChI=1S/C8H10O2/c1-3-7(5-9)8(4-2)6-10/h3-6H,1-2H3. The van der Waals surface area contributed by atoms with Gasteiger partial charge in [0.05, 0.1) is 0 Å². The van der Waals surface area contributed by atoms with Gasteiger partial charge in [0.2, 0.25) is 0 Å². The molecule has 2 nitrogen and oxygen atoms in total. The zero-order chi connectivity index (χ0) is 7.98. The summed E-state index contributed by atoms with van der Waals surface area (Å²) in [5.74, 6) is 0. The van der Waals surface area contributed by atoms with Gasteiger partial charge in [-0.25, -0.2) is 0 Å². The second-order valence-corrected chi connectivity index (χ2v) is 1.72. The second-order valence-electron chi connectivity index (χ2n) is 1.72. The molecule has 54 valence electrons. The minimum atomic E-state index is 0.442. The fourth-order valence-electron chi connectivity index (χ4n) is 0.605. The highest BCUT2D eigenvalue weighted by Gasteiger charge is 1.97. The van der Waals surface area contributed by atoms with Gasteiger partial charge in [0, 0.05) is 11.1 Å². The Morgan fingerprint density at radius 1 is 0.900 bits per heavy atom. The molecule has 0 atom stereocenters. The number of aldehydes is 2. The summed E-state index contributed by atoms with van der Waals surface area (Å²) in [6.07, 6.45) is 4.56. The number of allylic oxidation sites excluding steroid dienone is 4. The molecule has 0 saturated heterocycles. The highest BCUT2D eigenvalue weighted by atomic mass is 16.1. The van der Waals surface area contributed by atoms with Crippen LogP contribution in [0.25, 0.3) is 0 Å². The van der Waals surface area contributed by atoms with Crippen molar-refractivity contribution < 1.29 is 9.59 Å². The van der Waals surface area contributed by atoms with Crippen LogP contribution in [0.5, 0.6) is 0 Å². The van der Waals surface area contributed by atoms with Gasteiger partial charge in [-0.15, -0.1) is 0 Å². The molecule has 0 N–H and O–H groups in total. The molecular weight excluding hydrogens is 128 g/mol. The van der Waals surface area contributed by atoms with Gasteiger partial charge in [-0.1, -0.05) is 12.2 Å². The fourth-order valence-corrected chi connectivity index (χ4v) is 0.605. The summed E-state index contributed by atoms with van der Waals surface area (Å²) in [6.45, 7) is 3.44. The first-order valence-corrected chi connectivity index (χ1v) is 3.03. The molecule has 10 heavy (non-hydrogen) atoms. The summed E-state index contributed by atoms with van der Waals surface area (Å²) in [6, 6.07) is 0. The number of rotatable bonds is 3. The number of hydrogen-bond acceptors (Lipinski definition) is 2. The molecule has 0 amide bonds. The summed E-state index contributed by atoms with van der Waals surface area (Å²) >= 11 is 0. The Kier molecular flexibility index (Phi) is 4.12. The van der Waals surface area contributed by atoms with Gasteiger partial charge < -0.3 is 0 Å². The molecule has 0 spiro atoms. The molecule has 0 aliphatic rings. The zero-order valence-electron chi connectivity index (χ0n) is 6.13. The van der Waals surface area contributed by atoms with Gasteiger partial charge >= 0.3 is 0 Å². The molecule has 0 bridgehead atoms. The van der Waals surface area contributed by atoms with Gasteiger partial charge in [-0.3, -0.25) is 9.59 Å². The van der Waals surface area contributed by atoms with Crippen molar-refractivity contribution in [1.29, 1.82) is 0 Å². The van der Waals surface area contributed by atoms with Crippen LogP contribution in [0.1, 0.15) is 13.8 Å². The SMILES string of the molecule is CC=C(C=O)C(C=O)=CC. The Bertz CT molecular complexity index is 165. The predicted octanol–water partition coefficient (Wildman–Crippen LogP) is 1.28. The molecule has 0 aromatic heterocycles. The third-order valence-corrected chi connectivity index (χ3v) is 1.21. The van der Waals surface area contributed by atoms with Crippen LogP contribution in [0.4, 0.5) is 0 Å². The molecule has 0 unspecified atom stereocenters. The van der Waals surface area contributed by atoms with E-state index >= 15 is 0 Å². The summed E-state index contributed by atoms with van der Waals surface area (Å²) in [7, 11) is 0. The van der Waals surface area contributed by atoms with E-state index in [1.807, 2.05) is 0 Å². The monoisotopic (exact) mass is 138 g/mol. The lowest BCUT2D eigenvalue weighted by Gasteiger charge is -1.92. The lowest BCUT2D eigenvalue weighted by molar-refractivity contribution is -0.107. The van der Waals surface area contributed by atoms with Gasteiger partial charge in [0.15, 0.2) is 0 Å². The molecule has 0 radical (unpaired) electrons. The van der Waals surface area contributed by atoms with Gasteiger partial charge in [0.1, 0.15) is 12.6 Å². The first-order valence-electron chi connectivity index (χ1n) is 3.03. The lowest BCUT2D eigenvalue weighted by atomic mass is 10.1. The van der Waals surface area contributed by atoms with Crippen LogP contribution in [0.2, 0.25) is 0 Å². The minimum absolute atomic E-state index is 0.442. The summed E-state index contributed by atoms with van der Waals surface area (Å²) in [5, 5.41) is 0. The van der Waals surface area contributed by atoms with Crippen molar-refractivity contribution in [3.05, 3.63) is 23.3 Å². The van der Waals surface area contributed by atoms with Crippen LogP contribution in [0.15, 0.2) is 23.3 Å². The van der Waals surface area contributed by atoms with Crippen molar-refractivity contribution in [2.75, 3.05) is 0 Å². The van der Waals surface area contributed by atoms with Crippen molar-refractivity contribution in [2.45, 2.75) is 13.8 Å².